The molecule has 0 amide bonds. The molecule has 4 aromatic heterocycles. The lowest BCUT2D eigenvalue weighted by Gasteiger charge is -2.08. The minimum atomic E-state index is -0.515. The highest BCUT2D eigenvalue weighted by Crippen LogP contribution is 2.42. The van der Waals surface area contributed by atoms with Crippen molar-refractivity contribution in [1.29, 1.82) is 0 Å². The van der Waals surface area contributed by atoms with E-state index in [4.69, 9.17) is 13.3 Å². The molecule has 0 saturated carbocycles. The summed E-state index contributed by atoms with van der Waals surface area (Å²) in [6.07, 6.45) is 4.06. The highest BCUT2D eigenvalue weighted by molar-refractivity contribution is 6.04. The van der Waals surface area contributed by atoms with Gasteiger partial charge in [-0.2, -0.15) is 0 Å². The number of hydrogen-bond donors (Lipinski definition) is 2. The van der Waals surface area contributed by atoms with Crippen molar-refractivity contribution in [2.24, 2.45) is 0 Å². The van der Waals surface area contributed by atoms with Crippen LogP contribution in [0, 0.1) is 0 Å². The zero-order valence-electron chi connectivity index (χ0n) is 12.9. The Balaban J connectivity index is 1.97. The van der Waals surface area contributed by atoms with Gasteiger partial charge in [-0.25, -0.2) is 9.97 Å². The molecule has 4 aromatic rings. The van der Waals surface area contributed by atoms with Crippen LogP contribution in [0.4, 0.5) is 5.82 Å². The Morgan fingerprint density at radius 3 is 2.54 bits per heavy atom. The summed E-state index contributed by atoms with van der Waals surface area (Å²) in [5.74, 6) is 2.27. The zero-order chi connectivity index (χ0) is 16.5. The molecule has 1 unspecified atom stereocenters. The number of nitrogens with one attached hydrogen (secondary N) is 1. The smallest absolute Gasteiger partial charge is 0.232 e. The number of aliphatic hydroxyl groups is 1. The average Bonchev–Trinajstić information content (AvgIpc) is 3.30. The van der Waals surface area contributed by atoms with Crippen LogP contribution in [0.3, 0.4) is 0 Å². The van der Waals surface area contributed by atoms with Crippen LogP contribution < -0.4 is 5.32 Å². The third-order valence-corrected chi connectivity index (χ3v) is 3.57. The van der Waals surface area contributed by atoms with Gasteiger partial charge in [0.15, 0.2) is 11.5 Å². The number of rotatable bonds is 5. The van der Waals surface area contributed by atoms with Crippen LogP contribution in [0.2, 0.25) is 0 Å². The van der Waals surface area contributed by atoms with Crippen molar-refractivity contribution >= 4 is 16.9 Å². The Labute approximate surface area is 136 Å². The molecule has 0 spiro atoms. The van der Waals surface area contributed by atoms with Crippen molar-refractivity contribution in [2.45, 2.75) is 13.0 Å². The van der Waals surface area contributed by atoms with E-state index >= 15 is 0 Å². The standard InChI is InChI=1S/C17H15N3O4/c1-10(21)8-18-16-14-13(11-4-2-6-22-11)15(12-5-3-7-23-12)24-17(14)20-9-19-16/h2-7,9-10,21H,8H2,1H3,(H,18,19,20). The maximum atomic E-state index is 9.53. The van der Waals surface area contributed by atoms with Gasteiger partial charge in [-0.1, -0.05) is 0 Å². The quantitative estimate of drug-likeness (QED) is 0.579. The van der Waals surface area contributed by atoms with Crippen molar-refractivity contribution in [1.82, 2.24) is 9.97 Å². The summed E-state index contributed by atoms with van der Waals surface area (Å²) in [5.41, 5.74) is 1.12. The van der Waals surface area contributed by atoms with E-state index in [1.165, 1.54) is 6.33 Å². The minimum Gasteiger partial charge on any atom is -0.464 e. The Hall–Kier alpha value is -3.06. The first-order valence-corrected chi connectivity index (χ1v) is 7.51. The Kier molecular flexibility index (Phi) is 3.55. The summed E-state index contributed by atoms with van der Waals surface area (Å²) >= 11 is 0. The Morgan fingerprint density at radius 1 is 1.12 bits per heavy atom. The van der Waals surface area contributed by atoms with Crippen LogP contribution >= 0.6 is 0 Å². The first kappa shape index (κ1) is 14.5. The number of furan rings is 3. The van der Waals surface area contributed by atoms with Gasteiger partial charge >= 0.3 is 0 Å². The number of nitrogens with zero attached hydrogens (tertiary/aromatic N) is 2. The molecule has 1 atom stereocenters. The van der Waals surface area contributed by atoms with Gasteiger partial charge in [0.2, 0.25) is 5.71 Å². The molecule has 4 heterocycles. The molecular formula is C17H15N3O4. The predicted octanol–water partition coefficient (Wildman–Crippen LogP) is 3.54. The summed E-state index contributed by atoms with van der Waals surface area (Å²) < 4.78 is 17.0. The first-order valence-electron chi connectivity index (χ1n) is 7.51. The average molecular weight is 325 g/mol. The lowest BCUT2D eigenvalue weighted by atomic mass is 10.1. The number of aliphatic hydroxyl groups excluding tert-OH is 1. The summed E-state index contributed by atoms with van der Waals surface area (Å²) in [6, 6.07) is 7.22. The third kappa shape index (κ3) is 2.44. The maximum Gasteiger partial charge on any atom is 0.232 e. The SMILES string of the molecule is CC(O)CNc1ncnc2oc(-c3ccco3)c(-c3ccco3)c12. The van der Waals surface area contributed by atoms with Crippen LogP contribution in [0.5, 0.6) is 0 Å². The Bertz CT molecular complexity index is 940. The van der Waals surface area contributed by atoms with Crippen LogP contribution in [0.15, 0.2) is 56.4 Å². The van der Waals surface area contributed by atoms with Crippen molar-refractivity contribution < 1.29 is 18.4 Å². The van der Waals surface area contributed by atoms with Crippen LogP contribution in [0.1, 0.15) is 6.92 Å². The molecule has 0 saturated heterocycles. The van der Waals surface area contributed by atoms with E-state index in [9.17, 15) is 5.11 Å². The van der Waals surface area contributed by atoms with E-state index in [2.05, 4.69) is 15.3 Å². The molecular weight excluding hydrogens is 310 g/mol. The predicted molar refractivity (Wildman–Crippen MR) is 87.4 cm³/mol. The highest BCUT2D eigenvalue weighted by Gasteiger charge is 2.25. The van der Waals surface area contributed by atoms with Gasteiger partial charge in [-0.05, 0) is 31.2 Å². The molecule has 0 aromatic carbocycles. The molecule has 7 heteroatoms. The van der Waals surface area contributed by atoms with Crippen molar-refractivity contribution in [2.75, 3.05) is 11.9 Å². The molecule has 122 valence electrons. The van der Waals surface area contributed by atoms with Gasteiger partial charge in [-0.3, -0.25) is 0 Å². The third-order valence-electron chi connectivity index (χ3n) is 3.57. The summed E-state index contributed by atoms with van der Waals surface area (Å²) in [6.45, 7) is 2.05. The van der Waals surface area contributed by atoms with E-state index < -0.39 is 6.10 Å². The van der Waals surface area contributed by atoms with E-state index in [1.54, 1.807) is 37.6 Å². The van der Waals surface area contributed by atoms with E-state index in [0.717, 1.165) is 0 Å². The molecule has 0 aliphatic rings. The molecule has 0 aliphatic heterocycles. The second-order valence-corrected chi connectivity index (χ2v) is 5.39. The fraction of sp³-hybridized carbons (Fsp3) is 0.176. The van der Waals surface area contributed by atoms with E-state index in [1.807, 2.05) is 6.07 Å². The summed E-state index contributed by atoms with van der Waals surface area (Å²) in [7, 11) is 0. The molecule has 4 rings (SSSR count). The molecule has 24 heavy (non-hydrogen) atoms. The normalized spacial score (nSPS) is 12.6. The van der Waals surface area contributed by atoms with E-state index in [-0.39, 0.29) is 0 Å². The highest BCUT2D eigenvalue weighted by atomic mass is 16.4. The van der Waals surface area contributed by atoms with Gasteiger partial charge in [-0.15, -0.1) is 0 Å². The number of hydrogen-bond acceptors (Lipinski definition) is 7. The molecule has 0 aliphatic carbocycles. The lowest BCUT2D eigenvalue weighted by molar-refractivity contribution is 0.208. The second kappa shape index (κ2) is 5.86. The van der Waals surface area contributed by atoms with Gasteiger partial charge < -0.3 is 23.7 Å². The molecule has 2 N–H and O–H groups in total. The Morgan fingerprint density at radius 2 is 1.88 bits per heavy atom. The monoisotopic (exact) mass is 325 g/mol. The van der Waals surface area contributed by atoms with Gasteiger partial charge in [0, 0.05) is 6.54 Å². The van der Waals surface area contributed by atoms with Crippen LogP contribution in [0.25, 0.3) is 33.9 Å². The molecule has 0 bridgehead atoms. The number of fused-ring (bicyclic) bond motifs is 1. The topological polar surface area (TPSA) is 97.5 Å². The molecule has 0 fully saturated rings. The van der Waals surface area contributed by atoms with Crippen molar-refractivity contribution in [3.8, 4) is 22.8 Å². The largest absolute Gasteiger partial charge is 0.464 e. The minimum absolute atomic E-state index is 0.352. The van der Waals surface area contributed by atoms with Crippen molar-refractivity contribution in [3.63, 3.8) is 0 Å². The lowest BCUT2D eigenvalue weighted by Crippen LogP contribution is -2.16. The second-order valence-electron chi connectivity index (χ2n) is 5.39. The fourth-order valence-corrected chi connectivity index (χ4v) is 2.55. The summed E-state index contributed by atoms with van der Waals surface area (Å²) in [5, 5.41) is 13.3. The zero-order valence-corrected chi connectivity index (χ0v) is 12.9. The number of aromatic nitrogens is 2. The fourth-order valence-electron chi connectivity index (χ4n) is 2.55. The molecule has 0 radical (unpaired) electrons. The van der Waals surface area contributed by atoms with Gasteiger partial charge in [0.05, 0.1) is 29.6 Å². The van der Waals surface area contributed by atoms with Gasteiger partial charge in [0.25, 0.3) is 0 Å². The number of anilines is 1. The first-order chi connectivity index (χ1) is 11.7. The van der Waals surface area contributed by atoms with Gasteiger partial charge in [0.1, 0.15) is 17.9 Å². The van der Waals surface area contributed by atoms with Crippen LogP contribution in [-0.4, -0.2) is 27.7 Å². The maximum absolute atomic E-state index is 9.53. The molecule has 7 nitrogen and oxygen atoms in total. The van der Waals surface area contributed by atoms with E-state index in [0.29, 0.717) is 46.3 Å². The van der Waals surface area contributed by atoms with Crippen molar-refractivity contribution in [3.05, 3.63) is 43.1 Å². The van der Waals surface area contributed by atoms with Crippen LogP contribution in [-0.2, 0) is 0 Å². The summed E-state index contributed by atoms with van der Waals surface area (Å²) in [4.78, 5) is 8.48.